The van der Waals surface area contributed by atoms with Gasteiger partial charge < -0.3 is 14.9 Å². The van der Waals surface area contributed by atoms with E-state index in [2.05, 4.69) is 101 Å². The molecule has 9 aromatic rings. The second kappa shape index (κ2) is 16.0. The van der Waals surface area contributed by atoms with Crippen molar-refractivity contribution in [1.82, 2.24) is 24.0 Å². The van der Waals surface area contributed by atoms with Crippen molar-refractivity contribution in [2.75, 3.05) is 0 Å². The highest BCUT2D eigenvalue weighted by Crippen LogP contribution is 2.37. The van der Waals surface area contributed by atoms with Gasteiger partial charge in [-0.1, -0.05) is 97.1 Å². The first-order valence-electron chi connectivity index (χ1n) is 20.7. The summed E-state index contributed by atoms with van der Waals surface area (Å²) in [6.07, 6.45) is 5.24. The highest BCUT2D eigenvalue weighted by Gasteiger charge is 2.40. The van der Waals surface area contributed by atoms with Gasteiger partial charge in [-0.05, 0) is 99.2 Å². The fourth-order valence-electron chi connectivity index (χ4n) is 9.12. The molecule has 5 aromatic carbocycles. The Morgan fingerprint density at radius 3 is 1.47 bits per heavy atom. The molecular formula is C52H48N6O2. The number of aromatic nitrogens is 4. The van der Waals surface area contributed by atoms with Crippen LogP contribution in [0.1, 0.15) is 79.3 Å². The number of fused-ring (bicyclic) bond motifs is 7. The first-order chi connectivity index (χ1) is 29.2. The molecule has 298 valence electrons. The third-order valence-corrected chi connectivity index (χ3v) is 12.1. The molecule has 2 atom stereocenters. The molecular weight excluding hydrogens is 741 g/mol. The SMILES string of the molecule is Cc1ccc2c3ccnc(C)c3n(CCC(N)c3ccccc3)c2c1.Cc1ccc2c3ccnc(C)c3n(CCC(c3ccccc3)N3C(=O)c4ccccc4C3=O)c2c1. The standard InChI is InChI=1S/C30H25N3O2.C22H23N3/c1-19-12-13-22-23-14-16-31-20(2)28(23)32(27(22)18-19)17-15-26(21-8-4-3-5-9-21)33-29(34)24-10-6-7-11-25(24)30(33)35;1-15-8-9-18-19-10-12-24-16(2)22(19)25(21(18)14-15)13-11-20(23)17-6-4-3-5-7-17/h3-14,16,18,26H,15,17H2,1-2H3;3-10,12,14,20H,11,13,23H2,1-2H3. The second-order valence-corrected chi connectivity index (χ2v) is 16.0. The average molecular weight is 789 g/mol. The largest absolute Gasteiger partial charge is 0.339 e. The monoisotopic (exact) mass is 788 g/mol. The highest BCUT2D eigenvalue weighted by molar-refractivity contribution is 6.21. The number of carbonyl (C=O) groups is 2. The predicted molar refractivity (Wildman–Crippen MR) is 242 cm³/mol. The van der Waals surface area contributed by atoms with E-state index in [1.807, 2.05) is 67.8 Å². The van der Waals surface area contributed by atoms with Crippen LogP contribution in [0.25, 0.3) is 43.6 Å². The molecule has 5 heterocycles. The number of pyridine rings is 2. The summed E-state index contributed by atoms with van der Waals surface area (Å²) in [6.45, 7) is 9.88. The molecule has 0 saturated heterocycles. The van der Waals surface area contributed by atoms with Crippen molar-refractivity contribution >= 4 is 55.4 Å². The Morgan fingerprint density at radius 1 is 0.517 bits per heavy atom. The van der Waals surface area contributed by atoms with Crippen LogP contribution in [0.4, 0.5) is 0 Å². The van der Waals surface area contributed by atoms with E-state index in [-0.39, 0.29) is 23.9 Å². The van der Waals surface area contributed by atoms with Crippen LogP contribution in [0.3, 0.4) is 0 Å². The number of aryl methyl sites for hydroxylation is 6. The summed E-state index contributed by atoms with van der Waals surface area (Å²) in [5.41, 5.74) is 18.8. The molecule has 4 aromatic heterocycles. The normalized spacial score (nSPS) is 13.6. The highest BCUT2D eigenvalue weighted by atomic mass is 16.2. The molecule has 0 aliphatic carbocycles. The zero-order valence-electron chi connectivity index (χ0n) is 34.5. The van der Waals surface area contributed by atoms with Crippen LogP contribution < -0.4 is 5.73 Å². The van der Waals surface area contributed by atoms with E-state index in [0.29, 0.717) is 24.1 Å². The maximum Gasteiger partial charge on any atom is 0.262 e. The quantitative estimate of drug-likeness (QED) is 0.147. The van der Waals surface area contributed by atoms with Gasteiger partial charge in [0.15, 0.2) is 0 Å². The maximum absolute atomic E-state index is 13.4. The Hall–Kier alpha value is -6.90. The Labute approximate surface area is 349 Å². The number of nitrogens with zero attached hydrogens (tertiary/aromatic N) is 5. The number of carbonyl (C=O) groups excluding carboxylic acids is 2. The lowest BCUT2D eigenvalue weighted by Gasteiger charge is -2.27. The second-order valence-electron chi connectivity index (χ2n) is 16.0. The van der Waals surface area contributed by atoms with Gasteiger partial charge in [-0.15, -0.1) is 0 Å². The van der Waals surface area contributed by atoms with Crippen molar-refractivity contribution in [3.63, 3.8) is 0 Å². The van der Waals surface area contributed by atoms with Crippen molar-refractivity contribution in [2.45, 2.75) is 65.7 Å². The Morgan fingerprint density at radius 2 is 0.967 bits per heavy atom. The first-order valence-corrected chi connectivity index (χ1v) is 20.7. The fourth-order valence-corrected chi connectivity index (χ4v) is 9.12. The minimum atomic E-state index is -0.377. The molecule has 0 saturated carbocycles. The fraction of sp³-hybridized carbons (Fsp3) is 0.192. The molecule has 0 bridgehead atoms. The van der Waals surface area contributed by atoms with E-state index in [9.17, 15) is 9.59 Å². The minimum absolute atomic E-state index is 0.0375. The summed E-state index contributed by atoms with van der Waals surface area (Å²) in [4.78, 5) is 37.3. The van der Waals surface area contributed by atoms with Crippen molar-refractivity contribution in [2.24, 2.45) is 5.73 Å². The predicted octanol–water partition coefficient (Wildman–Crippen LogP) is 11.1. The van der Waals surface area contributed by atoms with Crippen molar-refractivity contribution in [3.05, 3.63) is 191 Å². The minimum Gasteiger partial charge on any atom is -0.339 e. The summed E-state index contributed by atoms with van der Waals surface area (Å²) in [5, 5.41) is 4.92. The number of nitrogens with two attached hydrogens (primary N) is 1. The lowest BCUT2D eigenvalue weighted by molar-refractivity contribution is 0.0570. The van der Waals surface area contributed by atoms with Crippen LogP contribution >= 0.6 is 0 Å². The van der Waals surface area contributed by atoms with Gasteiger partial charge in [-0.3, -0.25) is 24.5 Å². The van der Waals surface area contributed by atoms with Gasteiger partial charge in [-0.2, -0.15) is 0 Å². The van der Waals surface area contributed by atoms with Gasteiger partial charge in [0, 0.05) is 64.1 Å². The van der Waals surface area contributed by atoms with Gasteiger partial charge >= 0.3 is 0 Å². The molecule has 60 heavy (non-hydrogen) atoms. The molecule has 2 unspecified atom stereocenters. The van der Waals surface area contributed by atoms with Crippen LogP contribution in [0, 0.1) is 27.7 Å². The summed E-state index contributed by atoms with van der Waals surface area (Å²) < 4.78 is 4.69. The molecule has 1 aliphatic rings. The van der Waals surface area contributed by atoms with Crippen LogP contribution in [0.2, 0.25) is 0 Å². The van der Waals surface area contributed by atoms with E-state index in [0.717, 1.165) is 41.0 Å². The lowest BCUT2D eigenvalue weighted by atomic mass is 10.0. The van der Waals surface area contributed by atoms with E-state index >= 15 is 0 Å². The number of hydrogen-bond donors (Lipinski definition) is 1. The maximum atomic E-state index is 13.4. The van der Waals surface area contributed by atoms with Crippen LogP contribution in [-0.2, 0) is 13.1 Å². The molecule has 0 radical (unpaired) electrons. The third kappa shape index (κ3) is 6.92. The van der Waals surface area contributed by atoms with Gasteiger partial charge in [0.25, 0.3) is 11.8 Å². The molecule has 0 fully saturated rings. The van der Waals surface area contributed by atoms with Crippen LogP contribution in [-0.4, -0.2) is 35.8 Å². The number of benzene rings is 5. The Balaban J connectivity index is 0.000000163. The van der Waals surface area contributed by atoms with Crippen LogP contribution in [0.5, 0.6) is 0 Å². The van der Waals surface area contributed by atoms with E-state index < -0.39 is 0 Å². The smallest absolute Gasteiger partial charge is 0.262 e. The van der Waals surface area contributed by atoms with Gasteiger partial charge in [0.1, 0.15) is 0 Å². The molecule has 0 spiro atoms. The average Bonchev–Trinajstić information content (AvgIpc) is 3.85. The van der Waals surface area contributed by atoms with Crippen molar-refractivity contribution in [3.8, 4) is 0 Å². The van der Waals surface area contributed by atoms with E-state index in [1.165, 1.54) is 54.2 Å². The molecule has 10 rings (SSSR count). The summed E-state index contributed by atoms with van der Waals surface area (Å²) >= 11 is 0. The Bertz CT molecular complexity index is 3020. The van der Waals surface area contributed by atoms with E-state index in [1.54, 1.807) is 24.3 Å². The van der Waals surface area contributed by atoms with Crippen molar-refractivity contribution in [1.29, 1.82) is 0 Å². The summed E-state index contributed by atoms with van der Waals surface area (Å²) in [7, 11) is 0. The third-order valence-electron chi connectivity index (χ3n) is 12.1. The first kappa shape index (κ1) is 38.6. The van der Waals surface area contributed by atoms with Gasteiger partial charge in [0.2, 0.25) is 0 Å². The molecule has 1 aliphatic heterocycles. The zero-order chi connectivity index (χ0) is 41.5. The number of amides is 2. The number of rotatable bonds is 9. The topological polar surface area (TPSA) is 99.0 Å². The summed E-state index contributed by atoms with van der Waals surface area (Å²) in [6, 6.07) is 44.3. The number of imide groups is 1. The zero-order valence-corrected chi connectivity index (χ0v) is 34.5. The lowest BCUT2D eigenvalue weighted by Crippen LogP contribution is -2.34. The molecule has 8 nitrogen and oxygen atoms in total. The number of hydrogen-bond acceptors (Lipinski definition) is 5. The van der Waals surface area contributed by atoms with Crippen LogP contribution in [0.15, 0.2) is 146 Å². The molecule has 2 amide bonds. The Kier molecular flexibility index (Phi) is 10.3. The van der Waals surface area contributed by atoms with Gasteiger partial charge in [0.05, 0.1) is 39.6 Å². The van der Waals surface area contributed by atoms with Gasteiger partial charge in [-0.25, -0.2) is 0 Å². The molecule has 8 heteroatoms. The molecule has 2 N–H and O–H groups in total. The van der Waals surface area contributed by atoms with E-state index in [4.69, 9.17) is 5.73 Å². The van der Waals surface area contributed by atoms with Crippen molar-refractivity contribution < 1.29 is 9.59 Å². The summed E-state index contributed by atoms with van der Waals surface area (Å²) in [5.74, 6) is -0.453.